The van der Waals surface area contributed by atoms with E-state index in [0.717, 1.165) is 38.2 Å². The zero-order chi connectivity index (χ0) is 18.7. The second kappa shape index (κ2) is 12.3. The van der Waals surface area contributed by atoms with E-state index in [-0.39, 0.29) is 12.1 Å². The molecular formula is C20H37N3O2. The molecule has 1 aromatic rings. The summed E-state index contributed by atoms with van der Waals surface area (Å²) in [6, 6.07) is 8.71. The molecule has 5 heteroatoms. The molecule has 5 nitrogen and oxygen atoms in total. The quantitative estimate of drug-likeness (QED) is 0.436. The van der Waals surface area contributed by atoms with Crippen LogP contribution in [-0.4, -0.2) is 57.1 Å². The standard InChI is InChI=1S/C20H37N3O2/c1-6-15(2)19(14-23-20(13-21-4)16(3)24)22-12-11-17-7-9-18(25-5)10-8-17/h7-10,15-16,19-24H,6,11-14H2,1-5H3/t15-,16-,19+,20-/m1/s1. The van der Waals surface area contributed by atoms with Gasteiger partial charge in [0.2, 0.25) is 0 Å². The van der Waals surface area contributed by atoms with Crippen LogP contribution in [0.25, 0.3) is 0 Å². The molecule has 0 aliphatic carbocycles. The predicted octanol–water partition coefficient (Wildman–Crippen LogP) is 1.80. The van der Waals surface area contributed by atoms with E-state index in [2.05, 4.69) is 41.9 Å². The summed E-state index contributed by atoms with van der Waals surface area (Å²) >= 11 is 0. The summed E-state index contributed by atoms with van der Waals surface area (Å²) < 4.78 is 5.20. The van der Waals surface area contributed by atoms with Crippen LogP contribution in [0.15, 0.2) is 24.3 Å². The van der Waals surface area contributed by atoms with E-state index in [1.54, 1.807) is 7.11 Å². The van der Waals surface area contributed by atoms with E-state index in [9.17, 15) is 5.11 Å². The van der Waals surface area contributed by atoms with Crippen LogP contribution in [0.2, 0.25) is 0 Å². The lowest BCUT2D eigenvalue weighted by Crippen LogP contribution is -2.51. The van der Waals surface area contributed by atoms with Crippen molar-refractivity contribution >= 4 is 0 Å². The van der Waals surface area contributed by atoms with E-state index in [4.69, 9.17) is 4.74 Å². The van der Waals surface area contributed by atoms with Crippen molar-refractivity contribution in [3.63, 3.8) is 0 Å². The maximum atomic E-state index is 9.89. The van der Waals surface area contributed by atoms with Crippen LogP contribution in [0.3, 0.4) is 0 Å². The molecule has 0 spiro atoms. The number of nitrogens with one attached hydrogen (secondary N) is 3. The second-order valence-electron chi connectivity index (χ2n) is 6.86. The van der Waals surface area contributed by atoms with Crippen molar-refractivity contribution in [3.8, 4) is 5.75 Å². The van der Waals surface area contributed by atoms with Gasteiger partial charge in [-0.15, -0.1) is 0 Å². The van der Waals surface area contributed by atoms with Gasteiger partial charge in [-0.3, -0.25) is 0 Å². The Balaban J connectivity index is 2.48. The lowest BCUT2D eigenvalue weighted by atomic mass is 9.98. The molecule has 0 aliphatic rings. The molecule has 4 N–H and O–H groups in total. The Morgan fingerprint density at radius 1 is 1.04 bits per heavy atom. The van der Waals surface area contributed by atoms with Crippen molar-refractivity contribution in [3.05, 3.63) is 29.8 Å². The molecule has 0 fully saturated rings. The van der Waals surface area contributed by atoms with Gasteiger partial charge in [0, 0.05) is 25.2 Å². The van der Waals surface area contributed by atoms with Crippen LogP contribution < -0.4 is 20.7 Å². The Labute approximate surface area is 153 Å². The van der Waals surface area contributed by atoms with Gasteiger partial charge in [0.05, 0.1) is 13.2 Å². The topological polar surface area (TPSA) is 65.5 Å². The van der Waals surface area contributed by atoms with Crippen molar-refractivity contribution in [2.75, 3.05) is 33.8 Å². The summed E-state index contributed by atoms with van der Waals surface area (Å²) in [6.07, 6.45) is 1.75. The van der Waals surface area contributed by atoms with E-state index in [0.29, 0.717) is 12.0 Å². The monoisotopic (exact) mass is 351 g/mol. The number of methoxy groups -OCH3 is 1. The maximum Gasteiger partial charge on any atom is 0.118 e. The van der Waals surface area contributed by atoms with Gasteiger partial charge in [0.1, 0.15) is 5.75 Å². The second-order valence-corrected chi connectivity index (χ2v) is 6.86. The highest BCUT2D eigenvalue weighted by Gasteiger charge is 2.19. The Morgan fingerprint density at radius 3 is 2.24 bits per heavy atom. The van der Waals surface area contributed by atoms with Crippen LogP contribution >= 0.6 is 0 Å². The number of rotatable bonds is 13. The average molecular weight is 352 g/mol. The van der Waals surface area contributed by atoms with Gasteiger partial charge in [0.15, 0.2) is 0 Å². The summed E-state index contributed by atoms with van der Waals surface area (Å²) in [5.41, 5.74) is 1.31. The molecule has 0 saturated carbocycles. The number of hydrogen-bond acceptors (Lipinski definition) is 5. The first-order valence-electron chi connectivity index (χ1n) is 9.44. The van der Waals surface area contributed by atoms with Gasteiger partial charge >= 0.3 is 0 Å². The number of hydrogen-bond donors (Lipinski definition) is 4. The molecule has 1 aromatic carbocycles. The Morgan fingerprint density at radius 2 is 1.72 bits per heavy atom. The third-order valence-electron chi connectivity index (χ3n) is 4.92. The molecule has 0 amide bonds. The minimum atomic E-state index is -0.371. The minimum absolute atomic E-state index is 0.0694. The van der Waals surface area contributed by atoms with Gasteiger partial charge in [-0.1, -0.05) is 32.4 Å². The lowest BCUT2D eigenvalue weighted by molar-refractivity contribution is 0.140. The Bertz CT molecular complexity index is 451. The highest BCUT2D eigenvalue weighted by Crippen LogP contribution is 2.12. The molecule has 0 unspecified atom stereocenters. The van der Waals surface area contributed by atoms with Crippen molar-refractivity contribution < 1.29 is 9.84 Å². The van der Waals surface area contributed by atoms with Crippen molar-refractivity contribution in [2.45, 2.75) is 51.8 Å². The predicted molar refractivity (Wildman–Crippen MR) is 105 cm³/mol. The van der Waals surface area contributed by atoms with Crippen molar-refractivity contribution in [1.82, 2.24) is 16.0 Å². The van der Waals surface area contributed by atoms with Crippen LogP contribution in [0.5, 0.6) is 5.75 Å². The first-order valence-corrected chi connectivity index (χ1v) is 9.44. The number of likely N-dealkylation sites (N-methyl/N-ethyl adjacent to an activating group) is 1. The van der Waals surface area contributed by atoms with Gasteiger partial charge in [-0.25, -0.2) is 0 Å². The lowest BCUT2D eigenvalue weighted by Gasteiger charge is -2.29. The molecule has 25 heavy (non-hydrogen) atoms. The molecule has 144 valence electrons. The third-order valence-corrected chi connectivity index (χ3v) is 4.92. The molecular weight excluding hydrogens is 314 g/mol. The number of benzene rings is 1. The number of ether oxygens (including phenoxy) is 1. The minimum Gasteiger partial charge on any atom is -0.497 e. The molecule has 0 heterocycles. The fraction of sp³-hybridized carbons (Fsp3) is 0.700. The molecule has 4 atom stereocenters. The van der Waals surface area contributed by atoms with Crippen molar-refractivity contribution in [2.24, 2.45) is 5.92 Å². The number of aliphatic hydroxyl groups excluding tert-OH is 1. The Hall–Kier alpha value is -1.14. The van der Waals surface area contributed by atoms with Gasteiger partial charge in [-0.05, 0) is 50.6 Å². The largest absolute Gasteiger partial charge is 0.497 e. The third kappa shape index (κ3) is 8.19. The van der Waals surface area contributed by atoms with Crippen molar-refractivity contribution in [1.29, 1.82) is 0 Å². The van der Waals surface area contributed by atoms with Crippen LogP contribution in [0, 0.1) is 5.92 Å². The van der Waals surface area contributed by atoms with E-state index < -0.39 is 0 Å². The van der Waals surface area contributed by atoms with Crippen LogP contribution in [0.1, 0.15) is 32.8 Å². The summed E-state index contributed by atoms with van der Waals surface area (Å²) in [4.78, 5) is 0. The normalized spacial score (nSPS) is 16.2. The SMILES string of the molecule is CC[C@@H](C)[C@H](CN[C@H](CNC)[C@@H](C)O)NCCc1ccc(OC)cc1. The highest BCUT2D eigenvalue weighted by molar-refractivity contribution is 5.27. The zero-order valence-corrected chi connectivity index (χ0v) is 16.5. The average Bonchev–Trinajstić information content (AvgIpc) is 2.63. The molecule has 0 aromatic heterocycles. The van der Waals surface area contributed by atoms with Crippen LogP contribution in [0.4, 0.5) is 0 Å². The zero-order valence-electron chi connectivity index (χ0n) is 16.5. The summed E-state index contributed by atoms with van der Waals surface area (Å²) in [5.74, 6) is 1.47. The summed E-state index contributed by atoms with van der Waals surface area (Å²) in [6.45, 7) is 8.90. The Kier molecular flexibility index (Phi) is 10.7. The number of aliphatic hydroxyl groups is 1. The van der Waals surface area contributed by atoms with E-state index in [1.165, 1.54) is 5.56 Å². The molecule has 0 radical (unpaired) electrons. The molecule has 0 bridgehead atoms. The van der Waals surface area contributed by atoms with Crippen LogP contribution in [-0.2, 0) is 6.42 Å². The fourth-order valence-electron chi connectivity index (χ4n) is 2.86. The van der Waals surface area contributed by atoms with E-state index in [1.807, 2.05) is 26.1 Å². The highest BCUT2D eigenvalue weighted by atomic mass is 16.5. The molecule has 1 rings (SSSR count). The first kappa shape index (κ1) is 21.9. The first-order chi connectivity index (χ1) is 12.0. The molecule has 0 aliphatic heterocycles. The summed E-state index contributed by atoms with van der Waals surface area (Å²) in [7, 11) is 3.60. The maximum absolute atomic E-state index is 9.89. The fourth-order valence-corrected chi connectivity index (χ4v) is 2.86. The van der Waals surface area contributed by atoms with Gasteiger partial charge in [0.25, 0.3) is 0 Å². The van der Waals surface area contributed by atoms with Gasteiger partial charge in [-0.2, -0.15) is 0 Å². The van der Waals surface area contributed by atoms with E-state index >= 15 is 0 Å². The smallest absolute Gasteiger partial charge is 0.118 e. The summed E-state index contributed by atoms with van der Waals surface area (Å²) in [5, 5.41) is 20.2. The van der Waals surface area contributed by atoms with Gasteiger partial charge < -0.3 is 25.8 Å². The molecule has 0 saturated heterocycles.